The lowest BCUT2D eigenvalue weighted by atomic mass is 10.1. The Morgan fingerprint density at radius 2 is 1.39 bits per heavy atom. The Hall–Kier alpha value is -1.30. The largest absolute Gasteiger partial charge is 0.487 e. The van der Waals surface area contributed by atoms with Crippen LogP contribution in [0.3, 0.4) is 0 Å². The summed E-state index contributed by atoms with van der Waals surface area (Å²) in [5, 5.41) is 0. The summed E-state index contributed by atoms with van der Waals surface area (Å²) in [5.41, 5.74) is 0. The number of hydrogen-bond donors (Lipinski definition) is 0. The van der Waals surface area contributed by atoms with Crippen LogP contribution in [0.2, 0.25) is 6.04 Å². The van der Waals surface area contributed by atoms with E-state index in [2.05, 4.69) is 13.6 Å². The van der Waals surface area contributed by atoms with Crippen LogP contribution in [0.15, 0.2) is 0 Å². The van der Waals surface area contributed by atoms with Crippen LogP contribution in [0, 0.1) is 0 Å². The molecule has 23 heavy (non-hydrogen) atoms. The van der Waals surface area contributed by atoms with Crippen LogP contribution in [-0.4, -0.2) is 45.8 Å². The molecule has 0 heterocycles. The predicted octanol–water partition coefficient (Wildman–Crippen LogP) is 2.62. The van der Waals surface area contributed by atoms with E-state index in [9.17, 15) is 35.9 Å². The molecule has 0 aliphatic rings. The Morgan fingerprint density at radius 1 is 0.957 bits per heavy atom. The SMILES string of the molecule is CCCOC(F)(C[SiH](OC(C)=O)OC(C)=O)C(F)(F)C(F)(F)F. The number of halogens is 6. The summed E-state index contributed by atoms with van der Waals surface area (Å²) < 4.78 is 91.5. The monoisotopic (exact) mass is 370 g/mol. The van der Waals surface area contributed by atoms with Crippen LogP contribution in [0.4, 0.5) is 26.3 Å². The van der Waals surface area contributed by atoms with Crippen molar-refractivity contribution in [3.63, 3.8) is 0 Å². The van der Waals surface area contributed by atoms with E-state index in [0.717, 1.165) is 13.8 Å². The van der Waals surface area contributed by atoms with Gasteiger partial charge >= 0.3 is 21.4 Å². The molecule has 0 spiro atoms. The normalized spacial score (nSPS) is 15.2. The fourth-order valence-electron chi connectivity index (χ4n) is 1.45. The van der Waals surface area contributed by atoms with E-state index in [-0.39, 0.29) is 6.42 Å². The van der Waals surface area contributed by atoms with E-state index < -0.39 is 51.8 Å². The maximum atomic E-state index is 14.4. The topological polar surface area (TPSA) is 61.8 Å². The molecule has 0 rings (SSSR count). The Balaban J connectivity index is 5.57. The van der Waals surface area contributed by atoms with Gasteiger partial charge in [0.25, 0.3) is 17.8 Å². The standard InChI is InChI=1S/C11H16F6O5Si/c1-4-5-20-9(12,10(13,14)11(15,16)17)6-23(21-7(2)18)22-8(3)19/h23H,4-6H2,1-3H3. The van der Waals surface area contributed by atoms with Crippen molar-refractivity contribution >= 4 is 21.2 Å². The van der Waals surface area contributed by atoms with Crippen LogP contribution in [0.1, 0.15) is 27.2 Å². The summed E-state index contributed by atoms with van der Waals surface area (Å²) in [6, 6.07) is -1.71. The predicted molar refractivity (Wildman–Crippen MR) is 66.6 cm³/mol. The second-order valence-corrected chi connectivity index (χ2v) is 6.24. The van der Waals surface area contributed by atoms with E-state index in [4.69, 9.17) is 0 Å². The molecule has 0 aromatic carbocycles. The smallest absolute Gasteiger partial charge is 0.459 e. The van der Waals surface area contributed by atoms with Gasteiger partial charge in [-0.1, -0.05) is 6.92 Å². The molecule has 0 radical (unpaired) electrons. The molecule has 0 amide bonds. The van der Waals surface area contributed by atoms with Gasteiger partial charge in [-0.2, -0.15) is 22.0 Å². The van der Waals surface area contributed by atoms with E-state index in [1.54, 1.807) is 0 Å². The molecule has 0 fully saturated rings. The van der Waals surface area contributed by atoms with E-state index in [1.165, 1.54) is 6.92 Å². The third-order valence-corrected chi connectivity index (χ3v) is 4.43. The quantitative estimate of drug-likeness (QED) is 0.486. The van der Waals surface area contributed by atoms with Crippen molar-refractivity contribution in [2.24, 2.45) is 0 Å². The molecule has 136 valence electrons. The summed E-state index contributed by atoms with van der Waals surface area (Å²) in [6.45, 7) is 2.22. The van der Waals surface area contributed by atoms with Crippen molar-refractivity contribution < 1.29 is 49.5 Å². The highest BCUT2D eigenvalue weighted by Gasteiger charge is 2.73. The summed E-state index contributed by atoms with van der Waals surface area (Å²) in [6.07, 6.45) is -6.30. The van der Waals surface area contributed by atoms with Crippen LogP contribution in [0.5, 0.6) is 0 Å². The highest BCUT2D eigenvalue weighted by atomic mass is 28.3. The lowest BCUT2D eigenvalue weighted by molar-refractivity contribution is -0.378. The number of hydrogen-bond acceptors (Lipinski definition) is 5. The molecule has 0 saturated heterocycles. The van der Waals surface area contributed by atoms with Crippen molar-refractivity contribution in [1.82, 2.24) is 0 Å². The number of carbonyl (C=O) groups is 2. The highest BCUT2D eigenvalue weighted by molar-refractivity contribution is 6.49. The number of alkyl halides is 6. The van der Waals surface area contributed by atoms with Gasteiger partial charge in [-0.15, -0.1) is 0 Å². The number of carbonyl (C=O) groups excluding carboxylic acids is 2. The van der Waals surface area contributed by atoms with Gasteiger partial charge in [-0.3, -0.25) is 9.59 Å². The number of rotatable bonds is 8. The van der Waals surface area contributed by atoms with Gasteiger partial charge < -0.3 is 13.6 Å². The van der Waals surface area contributed by atoms with Crippen LogP contribution >= 0.6 is 0 Å². The molecule has 12 heteroatoms. The second kappa shape index (κ2) is 7.99. The fourth-order valence-corrected chi connectivity index (χ4v) is 3.20. The van der Waals surface area contributed by atoms with Crippen LogP contribution < -0.4 is 0 Å². The Morgan fingerprint density at radius 3 is 1.70 bits per heavy atom. The zero-order valence-corrected chi connectivity index (χ0v) is 13.7. The third-order valence-electron chi connectivity index (χ3n) is 2.38. The molecular weight excluding hydrogens is 354 g/mol. The van der Waals surface area contributed by atoms with Gasteiger partial charge in [0.05, 0.1) is 12.7 Å². The second-order valence-electron chi connectivity index (χ2n) is 4.50. The van der Waals surface area contributed by atoms with Gasteiger partial charge in [0.1, 0.15) is 0 Å². The molecular formula is C11H16F6O5Si. The minimum Gasteiger partial charge on any atom is -0.487 e. The van der Waals surface area contributed by atoms with Crippen molar-refractivity contribution in [1.29, 1.82) is 0 Å². The Labute approximate surface area is 129 Å². The third kappa shape index (κ3) is 6.01. The lowest BCUT2D eigenvalue weighted by Gasteiger charge is -2.35. The molecule has 0 saturated carbocycles. The van der Waals surface area contributed by atoms with Crippen LogP contribution in [-0.2, 0) is 23.2 Å². The molecule has 5 nitrogen and oxygen atoms in total. The molecule has 0 aliphatic heterocycles. The minimum absolute atomic E-state index is 0.0487. The zero-order valence-electron chi connectivity index (χ0n) is 12.5. The first kappa shape index (κ1) is 21.7. The number of ether oxygens (including phenoxy) is 1. The molecule has 0 aromatic heterocycles. The van der Waals surface area contributed by atoms with Crippen molar-refractivity contribution in [3.05, 3.63) is 0 Å². The summed E-state index contributed by atoms with van der Waals surface area (Å²) >= 11 is 0. The molecule has 1 unspecified atom stereocenters. The molecule has 0 aliphatic carbocycles. The van der Waals surface area contributed by atoms with Gasteiger partial charge in [0.15, 0.2) is 0 Å². The van der Waals surface area contributed by atoms with Crippen molar-refractivity contribution in [2.75, 3.05) is 6.61 Å². The van der Waals surface area contributed by atoms with Gasteiger partial charge in [-0.25, -0.2) is 4.39 Å². The average molecular weight is 370 g/mol. The Kier molecular flexibility index (Phi) is 7.54. The lowest BCUT2D eigenvalue weighted by Crippen LogP contribution is -2.58. The summed E-state index contributed by atoms with van der Waals surface area (Å²) in [4.78, 5) is 21.7. The van der Waals surface area contributed by atoms with Gasteiger partial charge in [0, 0.05) is 13.8 Å². The maximum absolute atomic E-state index is 14.4. The molecule has 0 N–H and O–H groups in total. The van der Waals surface area contributed by atoms with Crippen molar-refractivity contribution in [2.45, 2.75) is 51.2 Å². The first-order chi connectivity index (χ1) is 10.3. The summed E-state index contributed by atoms with van der Waals surface area (Å²) in [5.74, 6) is -12.6. The minimum atomic E-state index is -6.25. The van der Waals surface area contributed by atoms with Crippen molar-refractivity contribution in [3.8, 4) is 0 Å². The van der Waals surface area contributed by atoms with E-state index in [1.807, 2.05) is 0 Å². The highest BCUT2D eigenvalue weighted by Crippen LogP contribution is 2.48. The van der Waals surface area contributed by atoms with Crippen LogP contribution in [0.25, 0.3) is 0 Å². The first-order valence-corrected chi connectivity index (χ1v) is 8.14. The average Bonchev–Trinajstić information content (AvgIpc) is 2.33. The first-order valence-electron chi connectivity index (χ1n) is 6.38. The van der Waals surface area contributed by atoms with E-state index >= 15 is 0 Å². The molecule has 0 bridgehead atoms. The zero-order chi connectivity index (χ0) is 18.5. The van der Waals surface area contributed by atoms with Gasteiger partial charge in [0.2, 0.25) is 0 Å². The summed E-state index contributed by atoms with van der Waals surface area (Å²) in [7, 11) is -3.87. The fraction of sp³-hybridized carbons (Fsp3) is 0.818. The van der Waals surface area contributed by atoms with E-state index in [0.29, 0.717) is 0 Å². The van der Waals surface area contributed by atoms with Gasteiger partial charge in [-0.05, 0) is 6.42 Å². The Bertz CT molecular complexity index is 414. The molecule has 0 aromatic rings. The maximum Gasteiger partial charge on any atom is 0.459 e. The molecule has 1 atom stereocenters.